The van der Waals surface area contributed by atoms with Crippen LogP contribution in [-0.2, 0) is 28.2 Å². The normalized spacial score (nSPS) is 12.2. The standard InChI is InChI=1S/C21H27N4O.C5H5.Fe/c1-4-24(5-2)19-12-10-17(11-13-19)14-20(25-16-22-15-23-25)21(26-3)18-8-6-7-9-18;1-2-4-5-3-1;/h6-13,15-16,20-21H,4-5,14H2,1-3H3;1-5H;/q2*-1;+2. The number of aromatic nitrogens is 3. The van der Waals surface area contributed by atoms with Gasteiger partial charge >= 0.3 is 17.1 Å². The van der Waals surface area contributed by atoms with Crippen molar-refractivity contribution in [2.75, 3.05) is 25.1 Å². The van der Waals surface area contributed by atoms with E-state index in [2.05, 4.69) is 65.2 Å². The molecule has 3 aromatic carbocycles. The van der Waals surface area contributed by atoms with Crippen molar-refractivity contribution in [3.63, 3.8) is 0 Å². The van der Waals surface area contributed by atoms with Gasteiger partial charge in [-0.15, -0.1) is 5.56 Å². The summed E-state index contributed by atoms with van der Waals surface area (Å²) in [4.78, 5) is 6.48. The molecule has 0 aliphatic heterocycles. The quantitative estimate of drug-likeness (QED) is 0.241. The van der Waals surface area contributed by atoms with E-state index in [1.165, 1.54) is 11.3 Å². The van der Waals surface area contributed by atoms with E-state index in [0.717, 1.165) is 25.1 Å². The molecule has 1 heterocycles. The molecule has 6 heteroatoms. The second-order valence-electron chi connectivity index (χ2n) is 7.32. The summed E-state index contributed by atoms with van der Waals surface area (Å²) in [5, 5.41) is 4.38. The number of anilines is 1. The molecule has 0 N–H and O–H groups in total. The van der Waals surface area contributed by atoms with Crippen molar-refractivity contribution in [3.05, 3.63) is 103 Å². The minimum Gasteiger partial charge on any atom is -0.387 e. The predicted molar refractivity (Wildman–Crippen MR) is 127 cm³/mol. The predicted octanol–water partition coefficient (Wildman–Crippen LogP) is 5.42. The van der Waals surface area contributed by atoms with Crippen LogP contribution in [0.1, 0.15) is 37.1 Å². The van der Waals surface area contributed by atoms with E-state index in [1.807, 2.05) is 47.1 Å². The Morgan fingerprint density at radius 1 is 1.03 bits per heavy atom. The molecule has 0 saturated carbocycles. The van der Waals surface area contributed by atoms with E-state index in [9.17, 15) is 0 Å². The molecule has 1 aromatic heterocycles. The van der Waals surface area contributed by atoms with Crippen molar-refractivity contribution >= 4 is 5.69 Å². The van der Waals surface area contributed by atoms with Crippen molar-refractivity contribution in [2.24, 2.45) is 0 Å². The minimum atomic E-state index is -0.0749. The van der Waals surface area contributed by atoms with Crippen molar-refractivity contribution < 1.29 is 21.8 Å². The Balaban J connectivity index is 0.000000534. The number of hydrogen-bond donors (Lipinski definition) is 0. The Bertz CT molecular complexity index is 913. The van der Waals surface area contributed by atoms with Gasteiger partial charge in [-0.2, -0.15) is 35.4 Å². The van der Waals surface area contributed by atoms with Gasteiger partial charge in [0, 0.05) is 25.9 Å². The molecule has 4 aromatic rings. The van der Waals surface area contributed by atoms with E-state index < -0.39 is 0 Å². The third-order valence-corrected chi connectivity index (χ3v) is 5.46. The molecule has 4 rings (SSSR count). The number of benzene rings is 1. The summed E-state index contributed by atoms with van der Waals surface area (Å²) >= 11 is 0. The van der Waals surface area contributed by atoms with Gasteiger partial charge in [0.05, 0.1) is 12.1 Å². The van der Waals surface area contributed by atoms with Gasteiger partial charge in [0.25, 0.3) is 0 Å². The van der Waals surface area contributed by atoms with Crippen LogP contribution in [0.2, 0.25) is 0 Å². The Labute approximate surface area is 202 Å². The molecular weight excluding hydrogens is 440 g/mol. The number of ether oxygens (including phenoxy) is 1. The Kier molecular flexibility index (Phi) is 10.9. The molecule has 0 spiro atoms. The van der Waals surface area contributed by atoms with Gasteiger partial charge in [0.2, 0.25) is 0 Å². The van der Waals surface area contributed by atoms with Gasteiger partial charge in [0.1, 0.15) is 12.7 Å². The van der Waals surface area contributed by atoms with Gasteiger partial charge in [-0.05, 0) is 38.0 Å². The van der Waals surface area contributed by atoms with Crippen molar-refractivity contribution in [2.45, 2.75) is 32.4 Å². The van der Waals surface area contributed by atoms with Crippen LogP contribution in [0, 0.1) is 0 Å². The van der Waals surface area contributed by atoms with Crippen LogP contribution in [0.25, 0.3) is 0 Å². The summed E-state index contributed by atoms with van der Waals surface area (Å²) in [6.07, 6.45) is 4.10. The molecule has 5 nitrogen and oxygen atoms in total. The van der Waals surface area contributed by atoms with Gasteiger partial charge < -0.3 is 9.64 Å². The van der Waals surface area contributed by atoms with Crippen LogP contribution in [0.3, 0.4) is 0 Å². The molecule has 0 bridgehead atoms. The molecule has 32 heavy (non-hydrogen) atoms. The van der Waals surface area contributed by atoms with Crippen LogP contribution >= 0.6 is 0 Å². The molecule has 0 aliphatic rings. The first-order valence-electron chi connectivity index (χ1n) is 10.9. The number of nitrogens with zero attached hydrogens (tertiary/aromatic N) is 4. The minimum absolute atomic E-state index is 0. The van der Waals surface area contributed by atoms with Gasteiger partial charge in [-0.25, -0.2) is 33.9 Å². The van der Waals surface area contributed by atoms with E-state index in [-0.39, 0.29) is 29.2 Å². The van der Waals surface area contributed by atoms with Gasteiger partial charge in [-0.3, -0.25) is 0 Å². The van der Waals surface area contributed by atoms with Crippen LogP contribution in [0.4, 0.5) is 5.69 Å². The first-order valence-corrected chi connectivity index (χ1v) is 10.9. The smallest absolute Gasteiger partial charge is 0.387 e. The van der Waals surface area contributed by atoms with E-state index in [0.29, 0.717) is 0 Å². The van der Waals surface area contributed by atoms with Crippen molar-refractivity contribution in [1.29, 1.82) is 0 Å². The molecule has 0 aliphatic carbocycles. The van der Waals surface area contributed by atoms with Crippen LogP contribution in [0.15, 0.2) is 91.5 Å². The Morgan fingerprint density at radius 3 is 2.16 bits per heavy atom. The van der Waals surface area contributed by atoms with E-state index >= 15 is 0 Å². The van der Waals surface area contributed by atoms with E-state index in [4.69, 9.17) is 4.74 Å². The fourth-order valence-electron chi connectivity index (χ4n) is 3.82. The van der Waals surface area contributed by atoms with Crippen LogP contribution < -0.4 is 4.90 Å². The molecule has 0 amide bonds. The largest absolute Gasteiger partial charge is 2.00 e. The third-order valence-electron chi connectivity index (χ3n) is 5.46. The molecule has 2 unspecified atom stereocenters. The first-order chi connectivity index (χ1) is 15.3. The average Bonchev–Trinajstić information content (AvgIpc) is 3.61. The summed E-state index contributed by atoms with van der Waals surface area (Å²) in [6.45, 7) is 6.39. The van der Waals surface area contributed by atoms with Gasteiger partial charge in [-0.1, -0.05) is 12.1 Å². The third kappa shape index (κ3) is 6.92. The van der Waals surface area contributed by atoms with Crippen LogP contribution in [0.5, 0.6) is 0 Å². The summed E-state index contributed by atoms with van der Waals surface area (Å²) in [5.74, 6) is 0. The van der Waals surface area contributed by atoms with Crippen LogP contribution in [-0.4, -0.2) is 35.0 Å². The zero-order chi connectivity index (χ0) is 21.9. The number of hydrogen-bond acceptors (Lipinski definition) is 4. The first kappa shape index (κ1) is 25.6. The Morgan fingerprint density at radius 2 is 1.69 bits per heavy atom. The SMILES string of the molecule is CCN(CC)c1ccc(CC(C(OC)[c-]2cccc2)n2cncn2)cc1.[Fe+2].c1cc[cH-]c1. The fourth-order valence-corrected chi connectivity index (χ4v) is 3.82. The Hall–Kier alpha value is -2.66. The number of methoxy groups -OCH3 is 1. The monoisotopic (exact) mass is 472 g/mol. The van der Waals surface area contributed by atoms with Gasteiger partial charge in [0.15, 0.2) is 0 Å². The van der Waals surface area contributed by atoms with Crippen molar-refractivity contribution in [3.8, 4) is 0 Å². The maximum Gasteiger partial charge on any atom is 2.00 e. The fraction of sp³-hybridized carbons (Fsp3) is 0.308. The molecule has 0 saturated heterocycles. The summed E-state index contributed by atoms with van der Waals surface area (Å²) in [5.41, 5.74) is 3.68. The molecule has 170 valence electrons. The summed E-state index contributed by atoms with van der Waals surface area (Å²) in [6, 6.07) is 27.1. The number of rotatable bonds is 9. The van der Waals surface area contributed by atoms with Crippen molar-refractivity contribution in [1.82, 2.24) is 14.8 Å². The molecule has 2 atom stereocenters. The topological polar surface area (TPSA) is 43.2 Å². The zero-order valence-corrected chi connectivity index (χ0v) is 20.1. The maximum absolute atomic E-state index is 5.85. The second-order valence-corrected chi connectivity index (χ2v) is 7.32. The average molecular weight is 472 g/mol. The summed E-state index contributed by atoms with van der Waals surface area (Å²) in [7, 11) is 1.76. The summed E-state index contributed by atoms with van der Waals surface area (Å²) < 4.78 is 7.76. The maximum atomic E-state index is 5.85. The van der Waals surface area contributed by atoms with E-state index in [1.54, 1.807) is 19.8 Å². The molecule has 0 fully saturated rings. The molecule has 0 radical (unpaired) electrons. The molecular formula is C26H32FeN4O. The second kappa shape index (κ2) is 13.7. The zero-order valence-electron chi connectivity index (χ0n) is 19.0.